The Balaban J connectivity index is 1.49. The number of aliphatic imine (C=N–C) groups is 1. The summed E-state index contributed by atoms with van der Waals surface area (Å²) in [5.74, 6) is 2.42. The summed E-state index contributed by atoms with van der Waals surface area (Å²) >= 11 is 0. The normalized spacial score (nSPS) is 32.4. The van der Waals surface area contributed by atoms with Crippen molar-refractivity contribution in [3.63, 3.8) is 0 Å². The lowest BCUT2D eigenvalue weighted by atomic mass is 9.68. The van der Waals surface area contributed by atoms with E-state index in [2.05, 4.69) is 35.4 Å². The van der Waals surface area contributed by atoms with Crippen LogP contribution in [0.3, 0.4) is 0 Å². The summed E-state index contributed by atoms with van der Waals surface area (Å²) < 4.78 is 5.70. The number of nitrogens with one attached hydrogen (secondary N) is 2. The number of methoxy groups -OCH3 is 1. The molecule has 2 aliphatic carbocycles. The minimum Gasteiger partial charge on any atom is -0.494 e. The number of ether oxygens (including phenoxy) is 1. The third kappa shape index (κ3) is 3.42. The van der Waals surface area contributed by atoms with E-state index in [0.717, 1.165) is 34.7 Å². The molecule has 154 valence electrons. The van der Waals surface area contributed by atoms with Gasteiger partial charge in [-0.1, -0.05) is 26.2 Å². The Bertz CT molecular complexity index is 874. The fraction of sp³-hybridized carbons (Fsp3) is 0.560. The number of unbranched alkanes of at least 4 members (excludes halogenated alkanes) is 1. The molecule has 0 aromatic carbocycles. The van der Waals surface area contributed by atoms with Crippen molar-refractivity contribution in [1.29, 1.82) is 0 Å². The van der Waals surface area contributed by atoms with E-state index in [1.807, 2.05) is 12.3 Å². The van der Waals surface area contributed by atoms with Gasteiger partial charge in [-0.2, -0.15) is 0 Å². The van der Waals surface area contributed by atoms with Crippen LogP contribution in [0, 0.1) is 11.8 Å². The van der Waals surface area contributed by atoms with E-state index in [-0.39, 0.29) is 0 Å². The van der Waals surface area contributed by atoms with E-state index < -0.39 is 0 Å². The third-order valence-corrected chi connectivity index (χ3v) is 7.30. The maximum absolute atomic E-state index is 5.70. The van der Waals surface area contributed by atoms with E-state index in [9.17, 15) is 0 Å². The number of hydrogen-bond acceptors (Lipinski definition) is 3. The largest absolute Gasteiger partial charge is 0.494 e. The highest BCUT2D eigenvalue weighted by molar-refractivity contribution is 6.10. The Morgan fingerprint density at radius 3 is 2.93 bits per heavy atom. The summed E-state index contributed by atoms with van der Waals surface area (Å²) in [5, 5.41) is 3.98. The molecule has 4 heteroatoms. The van der Waals surface area contributed by atoms with Gasteiger partial charge < -0.3 is 15.0 Å². The van der Waals surface area contributed by atoms with Crippen LogP contribution in [0.15, 0.2) is 58.1 Å². The molecule has 1 fully saturated rings. The first-order valence-corrected chi connectivity index (χ1v) is 11.5. The second kappa shape index (κ2) is 7.98. The minimum absolute atomic E-state index is 0.304. The number of nitrogens with zero attached hydrogens (tertiary/aromatic N) is 1. The van der Waals surface area contributed by atoms with Crippen LogP contribution >= 0.6 is 0 Å². The first kappa shape index (κ1) is 18.9. The maximum Gasteiger partial charge on any atom is 0.146 e. The minimum atomic E-state index is 0.304. The standard InChI is InChI=1S/C25H33N3O/c1-3-4-7-16-11-12-17-8-5-9-19-24(17)25(16)22(27-19)14-21-23(29-2)15-20(28-21)18-10-6-13-26-18/h6,10,13-17,19,22,26-27H,3-5,7-9,11-12H2,1-2H3/t16-,17?,19?,22?/m0/s1. The Hall–Kier alpha value is -2.07. The third-order valence-electron chi connectivity index (χ3n) is 7.30. The van der Waals surface area contributed by atoms with Gasteiger partial charge in [0.05, 0.1) is 24.6 Å². The molecule has 0 radical (unpaired) electrons. The van der Waals surface area contributed by atoms with Gasteiger partial charge in [0.15, 0.2) is 0 Å². The highest BCUT2D eigenvalue weighted by atomic mass is 16.5. The molecule has 0 saturated heterocycles. The van der Waals surface area contributed by atoms with Crippen LogP contribution in [0.4, 0.5) is 0 Å². The Morgan fingerprint density at radius 1 is 1.21 bits per heavy atom. The Morgan fingerprint density at radius 2 is 2.14 bits per heavy atom. The first-order chi connectivity index (χ1) is 14.3. The molecule has 3 heterocycles. The lowest BCUT2D eigenvalue weighted by Gasteiger charge is -2.36. The molecule has 4 aliphatic rings. The molecule has 1 aromatic rings. The number of aromatic nitrogens is 1. The molecule has 2 N–H and O–H groups in total. The Kier molecular flexibility index (Phi) is 5.21. The number of H-pyrrole nitrogens is 1. The van der Waals surface area contributed by atoms with Gasteiger partial charge in [-0.15, -0.1) is 0 Å². The topological polar surface area (TPSA) is 49.4 Å². The SMILES string of the molecule is CCCC[C@H]1CCC2CCCC3NC(C=C4N=C(c5ccc[nH]5)C=C4OC)C1=C23. The van der Waals surface area contributed by atoms with Crippen molar-refractivity contribution in [2.45, 2.75) is 70.4 Å². The molecule has 2 aliphatic heterocycles. The maximum atomic E-state index is 5.70. The zero-order chi connectivity index (χ0) is 19.8. The van der Waals surface area contributed by atoms with Gasteiger partial charge in [-0.25, -0.2) is 4.99 Å². The van der Waals surface area contributed by atoms with Gasteiger partial charge in [-0.3, -0.25) is 0 Å². The lowest BCUT2D eigenvalue weighted by molar-refractivity contribution is 0.301. The average Bonchev–Trinajstić information content (AvgIpc) is 3.47. The molecule has 1 saturated carbocycles. The van der Waals surface area contributed by atoms with E-state index in [1.54, 1.807) is 18.3 Å². The zero-order valence-electron chi connectivity index (χ0n) is 17.7. The predicted octanol–water partition coefficient (Wildman–Crippen LogP) is 5.27. The van der Waals surface area contributed by atoms with Gasteiger partial charge in [0.2, 0.25) is 0 Å². The van der Waals surface area contributed by atoms with Crippen LogP contribution in [-0.2, 0) is 4.74 Å². The number of aromatic amines is 1. The van der Waals surface area contributed by atoms with Crippen molar-refractivity contribution in [3.8, 4) is 0 Å². The quantitative estimate of drug-likeness (QED) is 0.649. The Labute approximate surface area is 174 Å². The smallest absolute Gasteiger partial charge is 0.146 e. The molecule has 0 bridgehead atoms. The van der Waals surface area contributed by atoms with Crippen molar-refractivity contribution in [2.24, 2.45) is 16.8 Å². The van der Waals surface area contributed by atoms with Gasteiger partial charge in [0.1, 0.15) is 11.5 Å². The second-order valence-corrected chi connectivity index (χ2v) is 9.00. The molecule has 0 amide bonds. The van der Waals surface area contributed by atoms with Crippen molar-refractivity contribution in [2.75, 3.05) is 7.11 Å². The zero-order valence-corrected chi connectivity index (χ0v) is 17.7. The summed E-state index contributed by atoms with van der Waals surface area (Å²) in [7, 11) is 1.75. The number of hydrogen-bond donors (Lipinski definition) is 2. The number of rotatable bonds is 6. The average molecular weight is 392 g/mol. The highest BCUT2D eigenvalue weighted by Gasteiger charge is 2.43. The van der Waals surface area contributed by atoms with Crippen LogP contribution in [0.25, 0.3) is 0 Å². The van der Waals surface area contributed by atoms with Crippen LogP contribution in [0.2, 0.25) is 0 Å². The van der Waals surface area contributed by atoms with Crippen LogP contribution in [0.5, 0.6) is 0 Å². The molecular weight excluding hydrogens is 358 g/mol. The highest BCUT2D eigenvalue weighted by Crippen LogP contribution is 2.48. The molecule has 4 atom stereocenters. The van der Waals surface area contributed by atoms with Crippen molar-refractivity contribution >= 4 is 5.71 Å². The van der Waals surface area contributed by atoms with E-state index in [4.69, 9.17) is 9.73 Å². The van der Waals surface area contributed by atoms with Crippen molar-refractivity contribution in [3.05, 3.63) is 58.8 Å². The summed E-state index contributed by atoms with van der Waals surface area (Å²) in [4.78, 5) is 8.18. The monoisotopic (exact) mass is 391 g/mol. The first-order valence-electron chi connectivity index (χ1n) is 11.5. The van der Waals surface area contributed by atoms with Crippen LogP contribution in [-0.4, -0.2) is 29.9 Å². The van der Waals surface area contributed by atoms with E-state index in [1.165, 1.54) is 51.4 Å². The van der Waals surface area contributed by atoms with Crippen molar-refractivity contribution in [1.82, 2.24) is 10.3 Å². The van der Waals surface area contributed by atoms with Gasteiger partial charge >= 0.3 is 0 Å². The van der Waals surface area contributed by atoms with Crippen LogP contribution < -0.4 is 5.32 Å². The lowest BCUT2D eigenvalue weighted by Crippen LogP contribution is -2.34. The van der Waals surface area contributed by atoms with E-state index >= 15 is 0 Å². The molecular formula is C25H33N3O. The van der Waals surface area contributed by atoms with Gasteiger partial charge in [0.25, 0.3) is 0 Å². The molecule has 4 nitrogen and oxygen atoms in total. The molecule has 0 spiro atoms. The summed E-state index contributed by atoms with van der Waals surface area (Å²) in [6, 6.07) is 4.96. The van der Waals surface area contributed by atoms with Gasteiger partial charge in [-0.05, 0) is 73.3 Å². The fourth-order valence-corrected chi connectivity index (χ4v) is 5.98. The molecule has 29 heavy (non-hydrogen) atoms. The predicted molar refractivity (Wildman–Crippen MR) is 118 cm³/mol. The summed E-state index contributed by atoms with van der Waals surface area (Å²) in [6.07, 6.45) is 17.1. The molecule has 3 unspecified atom stereocenters. The fourth-order valence-electron chi connectivity index (χ4n) is 5.98. The second-order valence-electron chi connectivity index (χ2n) is 9.00. The van der Waals surface area contributed by atoms with Crippen molar-refractivity contribution < 1.29 is 4.74 Å². The van der Waals surface area contributed by atoms with E-state index in [0.29, 0.717) is 12.1 Å². The summed E-state index contributed by atoms with van der Waals surface area (Å²) in [6.45, 7) is 2.31. The summed E-state index contributed by atoms with van der Waals surface area (Å²) in [5.41, 5.74) is 6.45. The molecule has 1 aromatic heterocycles. The number of allylic oxidation sites excluding steroid dienone is 1. The van der Waals surface area contributed by atoms with Crippen LogP contribution in [0.1, 0.15) is 64.0 Å². The van der Waals surface area contributed by atoms with Gasteiger partial charge in [0, 0.05) is 18.3 Å². The molecule has 5 rings (SSSR count).